The molecule has 20 heavy (non-hydrogen) atoms. The van der Waals surface area contributed by atoms with Gasteiger partial charge >= 0.3 is 0 Å². The normalized spacial score (nSPS) is 13.3. The van der Waals surface area contributed by atoms with Crippen molar-refractivity contribution in [3.63, 3.8) is 0 Å². The van der Waals surface area contributed by atoms with Crippen LogP contribution in [0.15, 0.2) is 23.4 Å². The van der Waals surface area contributed by atoms with E-state index in [2.05, 4.69) is 43.0 Å². The molecule has 0 saturated heterocycles. The van der Waals surface area contributed by atoms with Gasteiger partial charge in [-0.05, 0) is 50.5 Å². The first-order valence-corrected chi connectivity index (χ1v) is 7.40. The van der Waals surface area contributed by atoms with E-state index in [1.807, 2.05) is 13.0 Å². The van der Waals surface area contributed by atoms with E-state index in [-0.39, 0.29) is 5.84 Å². The van der Waals surface area contributed by atoms with E-state index >= 15 is 0 Å². The van der Waals surface area contributed by atoms with Crippen LogP contribution in [0.25, 0.3) is 0 Å². The molecule has 1 rings (SSSR count). The third-order valence-corrected chi connectivity index (χ3v) is 3.80. The molecule has 0 bridgehead atoms. The Labute approximate surface area is 122 Å². The summed E-state index contributed by atoms with van der Waals surface area (Å²) in [5.41, 5.74) is 8.70. The smallest absolute Gasteiger partial charge is 0.170 e. The third kappa shape index (κ3) is 3.89. The van der Waals surface area contributed by atoms with E-state index < -0.39 is 0 Å². The fraction of sp³-hybridized carbons (Fsp3) is 0.562. The number of rotatable bonds is 7. The van der Waals surface area contributed by atoms with Crippen molar-refractivity contribution in [2.75, 3.05) is 11.4 Å². The molecule has 0 saturated carbocycles. The molecule has 4 heteroatoms. The Bertz CT molecular complexity index is 457. The SMILES string of the molecule is CCCCN(c1ccc(/C(N)=N/O)c(C)c1)C(C)CC. The highest BCUT2D eigenvalue weighted by Crippen LogP contribution is 2.23. The zero-order valence-corrected chi connectivity index (χ0v) is 13.1. The van der Waals surface area contributed by atoms with Crippen molar-refractivity contribution in [3.05, 3.63) is 29.3 Å². The molecule has 4 nitrogen and oxygen atoms in total. The minimum Gasteiger partial charge on any atom is -0.409 e. The van der Waals surface area contributed by atoms with E-state index in [1.54, 1.807) is 0 Å². The van der Waals surface area contributed by atoms with Crippen LogP contribution in [-0.4, -0.2) is 23.6 Å². The highest BCUT2D eigenvalue weighted by atomic mass is 16.4. The van der Waals surface area contributed by atoms with E-state index in [0.29, 0.717) is 6.04 Å². The van der Waals surface area contributed by atoms with Crippen LogP contribution in [0.4, 0.5) is 5.69 Å². The molecule has 0 aliphatic carbocycles. The van der Waals surface area contributed by atoms with Gasteiger partial charge in [0.1, 0.15) is 0 Å². The predicted molar refractivity (Wildman–Crippen MR) is 85.7 cm³/mol. The Morgan fingerprint density at radius 2 is 2.10 bits per heavy atom. The van der Waals surface area contributed by atoms with Crippen molar-refractivity contribution < 1.29 is 5.21 Å². The topological polar surface area (TPSA) is 61.8 Å². The second-order valence-corrected chi connectivity index (χ2v) is 5.29. The minimum atomic E-state index is 0.165. The lowest BCUT2D eigenvalue weighted by molar-refractivity contribution is 0.318. The summed E-state index contributed by atoms with van der Waals surface area (Å²) >= 11 is 0. The van der Waals surface area contributed by atoms with E-state index in [0.717, 1.165) is 24.1 Å². The number of oxime groups is 1. The number of hydrogen-bond donors (Lipinski definition) is 2. The Kier molecular flexibility index (Phi) is 6.36. The molecule has 0 spiro atoms. The van der Waals surface area contributed by atoms with Crippen molar-refractivity contribution in [1.82, 2.24) is 0 Å². The van der Waals surface area contributed by atoms with Gasteiger partial charge in [-0.25, -0.2) is 0 Å². The summed E-state index contributed by atoms with van der Waals surface area (Å²) < 4.78 is 0. The van der Waals surface area contributed by atoms with Gasteiger partial charge in [-0.2, -0.15) is 0 Å². The van der Waals surface area contributed by atoms with Crippen LogP contribution in [0, 0.1) is 6.92 Å². The average molecular weight is 277 g/mol. The molecule has 0 heterocycles. The first-order valence-electron chi connectivity index (χ1n) is 7.40. The monoisotopic (exact) mass is 277 g/mol. The molecule has 112 valence electrons. The second-order valence-electron chi connectivity index (χ2n) is 5.29. The molecule has 0 aromatic heterocycles. The zero-order chi connectivity index (χ0) is 15.1. The zero-order valence-electron chi connectivity index (χ0n) is 13.1. The number of hydrogen-bond acceptors (Lipinski definition) is 3. The molecule has 1 unspecified atom stereocenters. The van der Waals surface area contributed by atoms with Crippen LogP contribution >= 0.6 is 0 Å². The largest absolute Gasteiger partial charge is 0.409 e. The van der Waals surface area contributed by atoms with Gasteiger partial charge in [0.15, 0.2) is 5.84 Å². The molecule has 0 fully saturated rings. The van der Waals surface area contributed by atoms with Gasteiger partial charge in [0.2, 0.25) is 0 Å². The van der Waals surface area contributed by atoms with Crippen LogP contribution in [-0.2, 0) is 0 Å². The summed E-state index contributed by atoms with van der Waals surface area (Å²) in [6, 6.07) is 6.62. The summed E-state index contributed by atoms with van der Waals surface area (Å²) in [6.07, 6.45) is 3.49. The summed E-state index contributed by atoms with van der Waals surface area (Å²) in [7, 11) is 0. The Balaban J connectivity index is 3.06. The summed E-state index contributed by atoms with van der Waals surface area (Å²) in [5, 5.41) is 11.9. The first-order chi connectivity index (χ1) is 9.54. The van der Waals surface area contributed by atoms with Crippen molar-refractivity contribution in [2.45, 2.75) is 53.0 Å². The van der Waals surface area contributed by atoms with Gasteiger partial charge in [-0.1, -0.05) is 25.4 Å². The van der Waals surface area contributed by atoms with Crippen LogP contribution < -0.4 is 10.6 Å². The molecule has 1 atom stereocenters. The molecule has 0 amide bonds. The fourth-order valence-electron chi connectivity index (χ4n) is 2.32. The van der Waals surface area contributed by atoms with Gasteiger partial charge in [-0.15, -0.1) is 0 Å². The standard InChI is InChI=1S/C16H27N3O/c1-5-7-10-19(13(4)6-2)14-8-9-15(12(3)11-14)16(17)18-20/h8-9,11,13,20H,5-7,10H2,1-4H3,(H2,17,18). The highest BCUT2D eigenvalue weighted by molar-refractivity contribution is 5.98. The van der Waals surface area contributed by atoms with Gasteiger partial charge < -0.3 is 15.8 Å². The van der Waals surface area contributed by atoms with Gasteiger partial charge in [0, 0.05) is 23.8 Å². The fourth-order valence-corrected chi connectivity index (χ4v) is 2.32. The van der Waals surface area contributed by atoms with Crippen LogP contribution in [0.1, 0.15) is 51.2 Å². The van der Waals surface area contributed by atoms with Crippen LogP contribution in [0.5, 0.6) is 0 Å². The number of nitrogens with two attached hydrogens (primary N) is 1. The second kappa shape index (κ2) is 7.78. The van der Waals surface area contributed by atoms with Crippen molar-refractivity contribution in [2.24, 2.45) is 10.9 Å². The summed E-state index contributed by atoms with van der Waals surface area (Å²) in [4.78, 5) is 2.44. The summed E-state index contributed by atoms with van der Waals surface area (Å²) in [5.74, 6) is 0.165. The maximum atomic E-state index is 8.79. The van der Waals surface area contributed by atoms with Gasteiger partial charge in [-0.3, -0.25) is 0 Å². The van der Waals surface area contributed by atoms with Gasteiger partial charge in [0.05, 0.1) is 0 Å². The molecule has 0 aliphatic rings. The van der Waals surface area contributed by atoms with Crippen LogP contribution in [0.2, 0.25) is 0 Å². The first kappa shape index (κ1) is 16.3. The van der Waals surface area contributed by atoms with Crippen molar-refractivity contribution in [3.8, 4) is 0 Å². The quantitative estimate of drug-likeness (QED) is 0.347. The van der Waals surface area contributed by atoms with E-state index in [4.69, 9.17) is 10.9 Å². The third-order valence-electron chi connectivity index (χ3n) is 3.80. The number of nitrogens with zero attached hydrogens (tertiary/aromatic N) is 2. The molecular weight excluding hydrogens is 250 g/mol. The maximum Gasteiger partial charge on any atom is 0.170 e. The van der Waals surface area contributed by atoms with Crippen molar-refractivity contribution in [1.29, 1.82) is 0 Å². The van der Waals surface area contributed by atoms with Crippen LogP contribution in [0.3, 0.4) is 0 Å². The Morgan fingerprint density at radius 3 is 2.60 bits per heavy atom. The average Bonchev–Trinajstić information content (AvgIpc) is 2.46. The number of unbranched alkanes of at least 4 members (excludes halogenated alkanes) is 1. The maximum absolute atomic E-state index is 8.79. The highest BCUT2D eigenvalue weighted by Gasteiger charge is 2.14. The molecule has 1 aromatic carbocycles. The molecule has 0 radical (unpaired) electrons. The number of anilines is 1. The Hall–Kier alpha value is -1.71. The van der Waals surface area contributed by atoms with Gasteiger partial charge in [0.25, 0.3) is 0 Å². The summed E-state index contributed by atoms with van der Waals surface area (Å²) in [6.45, 7) is 9.73. The molecular formula is C16H27N3O. The lowest BCUT2D eigenvalue weighted by Gasteiger charge is -2.31. The number of amidine groups is 1. The predicted octanol–water partition coefficient (Wildman–Crippen LogP) is 3.49. The molecule has 0 aliphatic heterocycles. The number of benzene rings is 1. The molecule has 3 N–H and O–H groups in total. The van der Waals surface area contributed by atoms with E-state index in [1.165, 1.54) is 18.5 Å². The minimum absolute atomic E-state index is 0.165. The number of aryl methyl sites for hydroxylation is 1. The van der Waals surface area contributed by atoms with E-state index in [9.17, 15) is 0 Å². The van der Waals surface area contributed by atoms with Crippen molar-refractivity contribution >= 4 is 11.5 Å². The lowest BCUT2D eigenvalue weighted by atomic mass is 10.0. The lowest BCUT2D eigenvalue weighted by Crippen LogP contribution is -2.33. The molecule has 1 aromatic rings. The Morgan fingerprint density at radius 1 is 1.40 bits per heavy atom.